The van der Waals surface area contributed by atoms with Gasteiger partial charge < -0.3 is 16.0 Å². The van der Waals surface area contributed by atoms with Crippen LogP contribution in [0.3, 0.4) is 0 Å². The van der Waals surface area contributed by atoms with Crippen molar-refractivity contribution in [3.8, 4) is 0 Å². The van der Waals surface area contributed by atoms with E-state index >= 15 is 0 Å². The summed E-state index contributed by atoms with van der Waals surface area (Å²) in [6, 6.07) is 6.67. The van der Waals surface area contributed by atoms with E-state index in [1.165, 1.54) is 0 Å². The first-order valence-corrected chi connectivity index (χ1v) is 10.5. The molecule has 1 aromatic rings. The smallest absolute Gasteiger partial charge is 0.325 e. The third-order valence-corrected chi connectivity index (χ3v) is 6.04. The van der Waals surface area contributed by atoms with Crippen LogP contribution >= 0.6 is 0 Å². The highest BCUT2D eigenvalue weighted by atomic mass is 16.2. The number of carbonyl (C=O) groups is 4. The maximum Gasteiger partial charge on any atom is 0.325 e. The van der Waals surface area contributed by atoms with Gasteiger partial charge in [-0.25, -0.2) is 4.79 Å². The quantitative estimate of drug-likeness (QED) is 0.621. The van der Waals surface area contributed by atoms with Crippen molar-refractivity contribution in [1.29, 1.82) is 0 Å². The molecule has 2 aliphatic rings. The summed E-state index contributed by atoms with van der Waals surface area (Å²) in [5, 5.41) is 8.41. The van der Waals surface area contributed by atoms with Gasteiger partial charge in [-0.15, -0.1) is 0 Å². The average molecular weight is 415 g/mol. The molecule has 2 atom stereocenters. The number of anilines is 1. The van der Waals surface area contributed by atoms with Crippen LogP contribution in [-0.2, 0) is 20.9 Å². The molecular formula is C22H30N4O4. The summed E-state index contributed by atoms with van der Waals surface area (Å²) < 4.78 is 0. The highest BCUT2D eigenvalue weighted by molar-refractivity contribution is 6.09. The number of amides is 5. The summed E-state index contributed by atoms with van der Waals surface area (Å²) >= 11 is 0. The molecule has 1 spiro atoms. The van der Waals surface area contributed by atoms with Gasteiger partial charge in [0, 0.05) is 18.2 Å². The summed E-state index contributed by atoms with van der Waals surface area (Å²) in [6.07, 6.45) is 3.45. The Morgan fingerprint density at radius 3 is 2.53 bits per heavy atom. The van der Waals surface area contributed by atoms with Crippen LogP contribution < -0.4 is 16.0 Å². The van der Waals surface area contributed by atoms with Crippen molar-refractivity contribution < 1.29 is 19.2 Å². The Kier molecular flexibility index (Phi) is 6.43. The van der Waals surface area contributed by atoms with E-state index in [0.29, 0.717) is 12.1 Å². The van der Waals surface area contributed by atoms with Gasteiger partial charge in [0.25, 0.3) is 5.91 Å². The maximum absolute atomic E-state index is 12.9. The summed E-state index contributed by atoms with van der Waals surface area (Å²) in [5.41, 5.74) is 0.682. The Labute approximate surface area is 176 Å². The molecule has 30 heavy (non-hydrogen) atoms. The topological polar surface area (TPSA) is 108 Å². The maximum atomic E-state index is 12.9. The molecular weight excluding hydrogens is 384 g/mol. The molecule has 3 N–H and O–H groups in total. The molecule has 3 rings (SSSR count). The molecule has 8 heteroatoms. The predicted octanol–water partition coefficient (Wildman–Crippen LogP) is 2.40. The molecule has 1 heterocycles. The van der Waals surface area contributed by atoms with Gasteiger partial charge in [0.05, 0.1) is 0 Å². The molecule has 162 valence electrons. The number of rotatable bonds is 6. The Balaban J connectivity index is 1.53. The first-order chi connectivity index (χ1) is 14.2. The zero-order valence-corrected chi connectivity index (χ0v) is 17.8. The molecule has 2 unspecified atom stereocenters. The summed E-state index contributed by atoms with van der Waals surface area (Å²) in [6.45, 7) is 5.60. The molecule has 1 saturated carbocycles. The van der Waals surface area contributed by atoms with E-state index in [1.807, 2.05) is 32.9 Å². The van der Waals surface area contributed by atoms with Crippen LogP contribution in [-0.4, -0.2) is 40.7 Å². The number of benzene rings is 1. The lowest BCUT2D eigenvalue weighted by molar-refractivity contribution is -0.137. The van der Waals surface area contributed by atoms with Gasteiger partial charge in [-0.3, -0.25) is 19.3 Å². The molecule has 1 saturated heterocycles. The van der Waals surface area contributed by atoms with Crippen molar-refractivity contribution in [2.75, 3.05) is 11.9 Å². The first kappa shape index (κ1) is 21.8. The van der Waals surface area contributed by atoms with E-state index in [4.69, 9.17) is 0 Å². The van der Waals surface area contributed by atoms with Crippen LogP contribution in [0.4, 0.5) is 10.5 Å². The molecule has 5 amide bonds. The number of hydrogen-bond donors (Lipinski definition) is 3. The van der Waals surface area contributed by atoms with Gasteiger partial charge >= 0.3 is 6.03 Å². The van der Waals surface area contributed by atoms with Gasteiger partial charge in [0.15, 0.2) is 0 Å². The van der Waals surface area contributed by atoms with Crippen LogP contribution in [0.5, 0.6) is 0 Å². The second kappa shape index (κ2) is 8.85. The normalized spacial score (nSPS) is 23.6. The fourth-order valence-electron chi connectivity index (χ4n) is 4.03. The van der Waals surface area contributed by atoms with Crippen molar-refractivity contribution in [3.63, 3.8) is 0 Å². The SMILES string of the molecule is CC(C)C(=O)Nc1ccc(CNC(=O)CN2C(=O)NC3(CCCCC3C)C2=O)cc1. The predicted molar refractivity (Wildman–Crippen MR) is 112 cm³/mol. The molecule has 2 fully saturated rings. The van der Waals surface area contributed by atoms with Gasteiger partial charge in [0.2, 0.25) is 11.8 Å². The molecule has 0 radical (unpaired) electrons. The third-order valence-electron chi connectivity index (χ3n) is 6.04. The Hall–Kier alpha value is -2.90. The van der Waals surface area contributed by atoms with Gasteiger partial charge in [-0.2, -0.15) is 0 Å². The molecule has 1 aliphatic heterocycles. The Morgan fingerprint density at radius 2 is 1.90 bits per heavy atom. The van der Waals surface area contributed by atoms with Gasteiger partial charge in [-0.1, -0.05) is 45.7 Å². The summed E-state index contributed by atoms with van der Waals surface area (Å²) in [5.74, 6) is -0.790. The van der Waals surface area contributed by atoms with E-state index in [9.17, 15) is 19.2 Å². The molecule has 1 aromatic carbocycles. The number of hydrogen-bond acceptors (Lipinski definition) is 4. The average Bonchev–Trinajstić information content (AvgIpc) is 2.94. The van der Waals surface area contributed by atoms with Crippen molar-refractivity contribution in [2.24, 2.45) is 11.8 Å². The van der Waals surface area contributed by atoms with E-state index in [-0.39, 0.29) is 36.7 Å². The van der Waals surface area contributed by atoms with Crippen LogP contribution in [0.25, 0.3) is 0 Å². The van der Waals surface area contributed by atoms with Crippen LogP contribution in [0, 0.1) is 11.8 Å². The van der Waals surface area contributed by atoms with Crippen molar-refractivity contribution >= 4 is 29.4 Å². The molecule has 0 bridgehead atoms. The van der Waals surface area contributed by atoms with Crippen molar-refractivity contribution in [1.82, 2.24) is 15.5 Å². The Bertz CT molecular complexity index is 836. The zero-order chi connectivity index (χ0) is 21.9. The van der Waals surface area contributed by atoms with Crippen LogP contribution in [0.15, 0.2) is 24.3 Å². The van der Waals surface area contributed by atoms with Crippen LogP contribution in [0.1, 0.15) is 52.0 Å². The van der Waals surface area contributed by atoms with E-state index < -0.39 is 17.5 Å². The van der Waals surface area contributed by atoms with E-state index in [1.54, 1.807) is 12.1 Å². The second-order valence-corrected chi connectivity index (χ2v) is 8.56. The highest BCUT2D eigenvalue weighted by Gasteiger charge is 2.55. The van der Waals surface area contributed by atoms with E-state index in [2.05, 4.69) is 16.0 Å². The summed E-state index contributed by atoms with van der Waals surface area (Å²) in [4.78, 5) is 50.4. The van der Waals surface area contributed by atoms with E-state index in [0.717, 1.165) is 29.7 Å². The van der Waals surface area contributed by atoms with Gasteiger partial charge in [0.1, 0.15) is 12.1 Å². The fourth-order valence-corrected chi connectivity index (χ4v) is 4.03. The van der Waals surface area contributed by atoms with Crippen molar-refractivity contribution in [2.45, 2.75) is 58.5 Å². The van der Waals surface area contributed by atoms with Crippen molar-refractivity contribution in [3.05, 3.63) is 29.8 Å². The lowest BCUT2D eigenvalue weighted by Crippen LogP contribution is -2.54. The minimum atomic E-state index is -0.855. The highest BCUT2D eigenvalue weighted by Crippen LogP contribution is 2.38. The number of nitrogens with one attached hydrogen (secondary N) is 3. The lowest BCUT2D eigenvalue weighted by atomic mass is 9.73. The first-order valence-electron chi connectivity index (χ1n) is 10.5. The monoisotopic (exact) mass is 414 g/mol. The fraction of sp³-hybridized carbons (Fsp3) is 0.545. The lowest BCUT2D eigenvalue weighted by Gasteiger charge is -2.36. The van der Waals surface area contributed by atoms with Gasteiger partial charge in [-0.05, 0) is 36.5 Å². The number of nitrogens with zero attached hydrogens (tertiary/aromatic N) is 1. The second-order valence-electron chi connectivity index (χ2n) is 8.56. The Morgan fingerprint density at radius 1 is 1.20 bits per heavy atom. The molecule has 1 aliphatic carbocycles. The minimum absolute atomic E-state index is 0.0605. The number of carbonyl (C=O) groups excluding carboxylic acids is 4. The minimum Gasteiger partial charge on any atom is -0.350 e. The molecule has 8 nitrogen and oxygen atoms in total. The molecule has 0 aromatic heterocycles. The standard InChI is InChI=1S/C22H30N4O4/c1-14(2)19(28)24-17-9-7-16(8-10-17)12-23-18(27)13-26-20(29)22(25-21(26)30)11-5-4-6-15(22)3/h7-10,14-15H,4-6,11-13H2,1-3H3,(H,23,27)(H,24,28)(H,25,30). The summed E-state index contributed by atoms with van der Waals surface area (Å²) in [7, 11) is 0. The third kappa shape index (κ3) is 4.47. The number of urea groups is 1. The number of imide groups is 1. The largest absolute Gasteiger partial charge is 0.350 e. The van der Waals surface area contributed by atoms with Crippen LogP contribution in [0.2, 0.25) is 0 Å². The zero-order valence-electron chi connectivity index (χ0n) is 17.8.